The number of aromatic nitrogens is 6. The predicted molar refractivity (Wildman–Crippen MR) is 370 cm³/mol. The van der Waals surface area contributed by atoms with E-state index in [1.165, 1.54) is 23.8 Å². The van der Waals surface area contributed by atoms with Crippen LogP contribution in [0.2, 0.25) is 0 Å². The Labute approximate surface area is 551 Å². The molecule has 0 atom stereocenters. The molecule has 20 nitrogen and oxygen atoms in total. The number of carboxylic acid groups (broad SMARTS) is 5. The molecule has 0 aromatic carbocycles. The number of aryl methyl sites for hydroxylation is 4. The molecule has 8 N–H and O–H groups in total. The molecule has 11 rings (SSSR count). The first-order valence-corrected chi connectivity index (χ1v) is 40.8. The van der Waals surface area contributed by atoms with E-state index in [0.29, 0.717) is 36.3 Å². The molecule has 0 amide bonds. The number of fused-ring (bicyclic) bond motifs is 10. The summed E-state index contributed by atoms with van der Waals surface area (Å²) < 4.78 is 4.24. The normalized spacial score (nSPS) is 14.9. The van der Waals surface area contributed by atoms with Crippen molar-refractivity contribution in [3.63, 3.8) is 0 Å². The summed E-state index contributed by atoms with van der Waals surface area (Å²) in [6.45, 7) is 24.7. The van der Waals surface area contributed by atoms with Crippen LogP contribution in [0.25, 0.3) is 68.7 Å². The van der Waals surface area contributed by atoms with E-state index in [0.717, 1.165) is 171 Å². The van der Waals surface area contributed by atoms with Crippen LogP contribution in [0.3, 0.4) is 0 Å². The molecule has 6 aliphatic heterocycles. The molecule has 6 aliphatic rings. The van der Waals surface area contributed by atoms with Gasteiger partial charge in [-0.2, -0.15) is 0 Å². The molecule has 5 aromatic heterocycles. The molecule has 0 saturated carbocycles. The third-order valence-electron chi connectivity index (χ3n) is 18.2. The van der Waals surface area contributed by atoms with Crippen LogP contribution in [-0.4, -0.2) is 122 Å². The van der Waals surface area contributed by atoms with E-state index < -0.39 is 40.5 Å². The average Bonchev–Trinajstić information content (AvgIpc) is 1.56. The molecular weight excluding hydrogens is 1330 g/mol. The van der Waals surface area contributed by atoms with Gasteiger partial charge < -0.3 is 25.3 Å². The second kappa shape index (κ2) is 29.4. The van der Waals surface area contributed by atoms with Crippen molar-refractivity contribution in [1.82, 2.24) is 25.5 Å². The van der Waals surface area contributed by atoms with Crippen LogP contribution in [0.1, 0.15) is 185 Å². The van der Waals surface area contributed by atoms with Gasteiger partial charge in [-0.1, -0.05) is 13.8 Å². The largest absolute Gasteiger partial charge is 0.483 e. The van der Waals surface area contributed by atoms with Crippen molar-refractivity contribution in [2.75, 3.05) is 7.11 Å². The van der Waals surface area contributed by atoms with Crippen molar-refractivity contribution in [2.24, 2.45) is 9.98 Å². The predicted octanol–water partition coefficient (Wildman–Crippen LogP) is 13.3. The number of hydrogen-bond acceptors (Lipinski definition) is 11. The molecule has 93 heavy (non-hydrogen) atoms. The Hall–Kier alpha value is -8.15. The van der Waals surface area contributed by atoms with E-state index in [-0.39, 0.29) is 38.6 Å². The van der Waals surface area contributed by atoms with Gasteiger partial charge in [0.2, 0.25) is 0 Å². The Kier molecular flexibility index (Phi) is 22.4. The molecule has 0 aliphatic carbocycles. The molecule has 0 unspecified atom stereocenters. The molecule has 0 fully saturated rings. The van der Waals surface area contributed by atoms with Gasteiger partial charge in [0.25, 0.3) is 6.47 Å². The van der Waals surface area contributed by atoms with Crippen LogP contribution < -0.4 is 10.7 Å². The van der Waals surface area contributed by atoms with Gasteiger partial charge in [0.15, 0.2) is 0 Å². The number of carbonyl (C=O) groups is 5. The van der Waals surface area contributed by atoms with Gasteiger partial charge in [0, 0.05) is 34.9 Å². The van der Waals surface area contributed by atoms with Gasteiger partial charge >= 0.3 is 288 Å². The maximum atomic E-state index is 11.9. The first-order chi connectivity index (χ1) is 44.1. The Morgan fingerprint density at radius 3 is 1.38 bits per heavy atom. The van der Waals surface area contributed by atoms with Gasteiger partial charge in [0.05, 0.1) is 29.9 Å². The smallest absolute Gasteiger partial charge is 0.303 e. The number of H-pyrrole nitrogens is 2. The number of hydrogen-bond donors (Lipinski definition) is 8. The first-order valence-electron chi connectivity index (χ1n) is 31.0. The summed E-state index contributed by atoms with van der Waals surface area (Å²) in [7, 11) is 17.0. The van der Waals surface area contributed by atoms with E-state index in [1.807, 2.05) is 45.9 Å². The fourth-order valence-electron chi connectivity index (χ4n) is 13.4. The second-order valence-electron chi connectivity index (χ2n) is 23.4. The van der Waals surface area contributed by atoms with Crippen molar-refractivity contribution in [2.45, 2.75) is 160 Å². The third-order valence-corrected chi connectivity index (χ3v) is 28.6. The SMILES string of the molecule is CCC1=C(C)C2=NC1=Cc1c(C)c(CCC(=O)O)c3[n]1[Sn]([Cl])([Cl])[n]1c(c(C)c(CC)c1=C2)=CC1=NC(=C3)C(CCC(=O)O)=C1C.CCc1c(C)c2cc3[nH]c(cc4nc(cc5nc(cc1[nH]2)C(C)=C5CCC(=O)O)C(CCC(=O)O)=C4C)c(C)c3CC.COO.O=CO. The first kappa shape index (κ1) is 70.7. The summed E-state index contributed by atoms with van der Waals surface area (Å²) in [6.07, 6.45) is 12.6. The molecule has 0 spiro atoms. The number of allylic oxidation sites excluding steroid dienone is 8. The van der Waals surface area contributed by atoms with Crippen molar-refractivity contribution < 1.29 is 59.7 Å². The summed E-state index contributed by atoms with van der Waals surface area (Å²) in [6, 6.07) is 8.19. The van der Waals surface area contributed by atoms with E-state index in [9.17, 15) is 39.6 Å². The summed E-state index contributed by atoms with van der Waals surface area (Å²) in [5.74, 6) is -3.52. The summed E-state index contributed by atoms with van der Waals surface area (Å²) in [4.78, 5) is 85.7. The molecule has 23 heteroatoms. The quantitative estimate of drug-likeness (QED) is 0.0197. The zero-order valence-corrected chi connectivity index (χ0v) is 59.1. The van der Waals surface area contributed by atoms with Gasteiger partial charge in [-0.15, -0.1) is 0 Å². The molecule has 490 valence electrons. The monoisotopic (exact) mass is 1410 g/mol. The Morgan fingerprint density at radius 1 is 0.495 bits per heavy atom. The number of halogens is 2. The summed E-state index contributed by atoms with van der Waals surface area (Å²) >= 11 is -4.78. The molecular formula is C70H80Cl2N8O12Sn. The number of nitrogens with one attached hydrogen (secondary N) is 2. The van der Waals surface area contributed by atoms with Crippen LogP contribution in [0.15, 0.2) is 67.9 Å². The van der Waals surface area contributed by atoms with Crippen molar-refractivity contribution in [1.29, 1.82) is 0 Å². The van der Waals surface area contributed by atoms with E-state index in [4.69, 9.17) is 53.0 Å². The Balaban J connectivity index is 0.000000221. The van der Waals surface area contributed by atoms with Crippen molar-refractivity contribution in [3.05, 3.63) is 147 Å². The van der Waals surface area contributed by atoms with Gasteiger partial charge in [0.1, 0.15) is 0 Å². The topological polar surface area (TPSA) is 308 Å². The Morgan fingerprint density at radius 2 is 0.903 bits per heavy atom. The zero-order valence-electron chi connectivity index (χ0n) is 54.8. The second-order valence-corrected chi connectivity index (χ2v) is 37.2. The number of aliphatic carboxylic acids is 4. The molecule has 11 heterocycles. The summed E-state index contributed by atoms with van der Waals surface area (Å²) in [5.41, 5.74) is 28.0. The van der Waals surface area contributed by atoms with Crippen molar-refractivity contribution >= 4 is 145 Å². The average molecular weight is 1420 g/mol. The number of aromatic amines is 2. The minimum absolute atomic E-state index is 0.0138. The standard InChI is InChI=1S/2C34H38N4O4.CH4O2.CH2O2.2ClH.Sn/c2*1-7-21-17(3)25-13-26-19(5)23(9-11-33(39)40)31(37-26)16-32-24(10-12-34(41)42)20(6)28(38-32)15-30-22(8-2)18(4)27(36-30)14-29(21)35-25;1-3-2;2-1-3;;;/h13-16H,7-12H2,1-6H3,(H4,35,36,37,38,39,40,41,42);13-16,35-36H,7-12H2,1-6H3,(H,39,40)(H,41,42);2H,1H3;1H,(H,2,3);2*1H;/q;;;;;;+4/p-4. The number of rotatable bonds is 16. The fourth-order valence-corrected chi connectivity index (χ4v) is 24.6. The van der Waals surface area contributed by atoms with E-state index in [2.05, 4.69) is 106 Å². The maximum Gasteiger partial charge on any atom is 0.303 e. The van der Waals surface area contributed by atoms with E-state index >= 15 is 0 Å². The maximum absolute atomic E-state index is 11.9. The third kappa shape index (κ3) is 14.1. The molecule has 0 radical (unpaired) electrons. The van der Waals surface area contributed by atoms with Crippen LogP contribution in [0.5, 0.6) is 0 Å². The van der Waals surface area contributed by atoms with E-state index in [1.54, 1.807) is 0 Å². The molecule has 14 bridgehead atoms. The number of aliphatic imine (C=N–C) groups is 2. The fraction of sp³-hybridized carbons (Fsp3) is 0.357. The summed E-state index contributed by atoms with van der Waals surface area (Å²) in [5, 5.41) is 54.0. The minimum Gasteiger partial charge on any atom is -0.483 e. The van der Waals surface area contributed by atoms with Crippen LogP contribution in [0.4, 0.5) is 0 Å². The van der Waals surface area contributed by atoms with Crippen molar-refractivity contribution in [3.8, 4) is 0 Å². The molecule has 0 saturated heterocycles. The van der Waals surface area contributed by atoms with Gasteiger partial charge in [-0.05, 0) is 122 Å². The van der Waals surface area contributed by atoms with Crippen LogP contribution in [0, 0.1) is 27.7 Å². The number of carboxylic acids is 4. The minimum atomic E-state index is -4.78. The van der Waals surface area contributed by atoms with Gasteiger partial charge in [-0.25, -0.2) is 14.9 Å². The zero-order chi connectivity index (χ0) is 68.2. The van der Waals surface area contributed by atoms with Gasteiger partial charge in [-0.3, -0.25) is 19.6 Å². The molecule has 5 aromatic rings. The number of nitrogens with zero attached hydrogens (tertiary/aromatic N) is 6. The van der Waals surface area contributed by atoms with Crippen LogP contribution >= 0.6 is 17.8 Å². The Bertz CT molecular complexity index is 4560. The van der Waals surface area contributed by atoms with Crippen LogP contribution in [-0.2, 0) is 54.5 Å².